The van der Waals surface area contributed by atoms with Crippen molar-refractivity contribution in [3.63, 3.8) is 0 Å². The molecule has 0 bridgehead atoms. The molecule has 0 amide bonds. The second kappa shape index (κ2) is 4.86. The largest absolute Gasteiger partial charge is 0.487 e. The van der Waals surface area contributed by atoms with E-state index in [1.165, 1.54) is 12.8 Å². The summed E-state index contributed by atoms with van der Waals surface area (Å²) in [5, 5.41) is 0.662. The quantitative estimate of drug-likeness (QED) is 0.840. The normalized spacial score (nSPS) is 26.3. The van der Waals surface area contributed by atoms with Gasteiger partial charge < -0.3 is 10.5 Å². The molecule has 1 aromatic carbocycles. The van der Waals surface area contributed by atoms with Gasteiger partial charge in [0.2, 0.25) is 0 Å². The fraction of sp³-hybridized carbons (Fsp3) is 0.500. The Morgan fingerprint density at radius 2 is 1.93 bits per heavy atom. The molecule has 0 aliphatic heterocycles. The Kier molecular flexibility index (Phi) is 3.49. The Morgan fingerprint density at radius 3 is 2.67 bits per heavy atom. The van der Waals surface area contributed by atoms with E-state index in [-0.39, 0.29) is 12.1 Å². The van der Waals surface area contributed by atoms with E-state index in [1.54, 1.807) is 0 Å². The Bertz CT molecular complexity index is 329. The maximum Gasteiger partial charge on any atom is 0.138 e. The zero-order chi connectivity index (χ0) is 10.7. The van der Waals surface area contributed by atoms with Crippen LogP contribution in [0.3, 0.4) is 0 Å². The predicted octanol–water partition coefficient (Wildman–Crippen LogP) is 2.99. The first-order chi connectivity index (χ1) is 7.27. The van der Waals surface area contributed by atoms with E-state index in [9.17, 15) is 0 Å². The Labute approximate surface area is 95.4 Å². The molecular weight excluding hydrogens is 210 g/mol. The van der Waals surface area contributed by atoms with E-state index in [2.05, 4.69) is 0 Å². The maximum absolute atomic E-state index is 6.03. The van der Waals surface area contributed by atoms with E-state index in [0.29, 0.717) is 5.02 Å². The molecule has 1 fully saturated rings. The monoisotopic (exact) mass is 225 g/mol. The summed E-state index contributed by atoms with van der Waals surface area (Å²) >= 11 is 6.03. The lowest BCUT2D eigenvalue weighted by Crippen LogP contribution is -2.41. The molecule has 0 radical (unpaired) electrons. The summed E-state index contributed by atoms with van der Waals surface area (Å²) in [4.78, 5) is 0. The summed E-state index contributed by atoms with van der Waals surface area (Å²) in [5.74, 6) is 0.751. The molecule has 15 heavy (non-hydrogen) atoms. The first kappa shape index (κ1) is 10.8. The van der Waals surface area contributed by atoms with E-state index in [4.69, 9.17) is 22.1 Å². The molecule has 1 aliphatic rings. The van der Waals surface area contributed by atoms with Crippen molar-refractivity contribution in [3.8, 4) is 5.75 Å². The minimum absolute atomic E-state index is 0.124. The van der Waals surface area contributed by atoms with Gasteiger partial charge in [-0.3, -0.25) is 0 Å². The third-order valence-corrected chi connectivity index (χ3v) is 3.18. The third kappa shape index (κ3) is 2.64. The van der Waals surface area contributed by atoms with Crippen molar-refractivity contribution in [2.75, 3.05) is 0 Å². The van der Waals surface area contributed by atoms with Crippen LogP contribution >= 0.6 is 11.6 Å². The van der Waals surface area contributed by atoms with Gasteiger partial charge in [0.25, 0.3) is 0 Å². The van der Waals surface area contributed by atoms with Gasteiger partial charge in [-0.05, 0) is 31.4 Å². The molecule has 1 aliphatic carbocycles. The summed E-state index contributed by atoms with van der Waals surface area (Å²) in [6.07, 6.45) is 4.62. The van der Waals surface area contributed by atoms with E-state index in [0.717, 1.165) is 18.6 Å². The lowest BCUT2D eigenvalue weighted by molar-refractivity contribution is 0.132. The zero-order valence-electron chi connectivity index (χ0n) is 8.66. The number of nitrogens with two attached hydrogens (primary N) is 1. The van der Waals surface area contributed by atoms with Crippen LogP contribution in [0.5, 0.6) is 5.75 Å². The summed E-state index contributed by atoms with van der Waals surface area (Å²) in [5.41, 5.74) is 6.01. The molecule has 3 heteroatoms. The third-order valence-electron chi connectivity index (χ3n) is 2.87. The molecule has 2 unspecified atom stereocenters. The molecule has 2 atom stereocenters. The van der Waals surface area contributed by atoms with Crippen LogP contribution in [0.25, 0.3) is 0 Å². The SMILES string of the molecule is NC1CCCCC1Oc1ccccc1Cl. The minimum Gasteiger partial charge on any atom is -0.487 e. The van der Waals surface area contributed by atoms with Crippen LogP contribution in [0.15, 0.2) is 24.3 Å². The number of hydrogen-bond acceptors (Lipinski definition) is 2. The van der Waals surface area contributed by atoms with Gasteiger partial charge in [0, 0.05) is 6.04 Å². The lowest BCUT2D eigenvalue weighted by Gasteiger charge is -2.29. The Morgan fingerprint density at radius 1 is 1.20 bits per heavy atom. The van der Waals surface area contributed by atoms with Crippen molar-refractivity contribution in [2.24, 2.45) is 5.73 Å². The van der Waals surface area contributed by atoms with Crippen LogP contribution in [0.1, 0.15) is 25.7 Å². The van der Waals surface area contributed by atoms with Crippen LogP contribution in [0, 0.1) is 0 Å². The molecule has 1 saturated carbocycles. The lowest BCUT2D eigenvalue weighted by atomic mass is 9.93. The van der Waals surface area contributed by atoms with Gasteiger partial charge in [0.05, 0.1) is 5.02 Å². The Balaban J connectivity index is 2.04. The fourth-order valence-electron chi connectivity index (χ4n) is 1.98. The summed E-state index contributed by atoms with van der Waals surface area (Å²) in [7, 11) is 0. The van der Waals surface area contributed by atoms with Crippen LogP contribution in [-0.4, -0.2) is 12.1 Å². The number of rotatable bonds is 2. The smallest absolute Gasteiger partial charge is 0.138 e. The molecule has 0 saturated heterocycles. The van der Waals surface area contributed by atoms with E-state index in [1.807, 2.05) is 24.3 Å². The molecule has 1 aromatic rings. The van der Waals surface area contributed by atoms with Gasteiger partial charge in [-0.15, -0.1) is 0 Å². The summed E-state index contributed by atoms with van der Waals surface area (Å²) < 4.78 is 5.84. The zero-order valence-corrected chi connectivity index (χ0v) is 9.41. The average Bonchev–Trinajstić information content (AvgIpc) is 2.24. The molecule has 82 valence electrons. The number of ether oxygens (including phenoxy) is 1. The van der Waals surface area contributed by atoms with Crippen molar-refractivity contribution in [2.45, 2.75) is 37.8 Å². The number of halogens is 1. The maximum atomic E-state index is 6.03. The fourth-order valence-corrected chi connectivity index (χ4v) is 2.16. The minimum atomic E-state index is 0.124. The van der Waals surface area contributed by atoms with Crippen molar-refractivity contribution in [3.05, 3.63) is 29.3 Å². The van der Waals surface area contributed by atoms with Crippen LogP contribution in [0.2, 0.25) is 5.02 Å². The van der Waals surface area contributed by atoms with Crippen LogP contribution in [-0.2, 0) is 0 Å². The van der Waals surface area contributed by atoms with Gasteiger partial charge in [0.15, 0.2) is 0 Å². The van der Waals surface area contributed by atoms with Crippen LogP contribution < -0.4 is 10.5 Å². The first-order valence-corrected chi connectivity index (χ1v) is 5.82. The summed E-state index contributed by atoms with van der Waals surface area (Å²) in [6.45, 7) is 0. The highest BCUT2D eigenvalue weighted by atomic mass is 35.5. The Hall–Kier alpha value is -0.730. The predicted molar refractivity (Wildman–Crippen MR) is 62.3 cm³/mol. The molecule has 2 nitrogen and oxygen atoms in total. The standard InChI is InChI=1S/C12H16ClNO/c13-9-5-1-3-7-11(9)15-12-8-4-2-6-10(12)14/h1,3,5,7,10,12H,2,4,6,8,14H2. The molecule has 2 N–H and O–H groups in total. The van der Waals surface area contributed by atoms with Gasteiger partial charge in [-0.25, -0.2) is 0 Å². The van der Waals surface area contributed by atoms with Crippen molar-refractivity contribution in [1.82, 2.24) is 0 Å². The van der Waals surface area contributed by atoms with Gasteiger partial charge >= 0.3 is 0 Å². The highest BCUT2D eigenvalue weighted by molar-refractivity contribution is 6.32. The number of benzene rings is 1. The molecular formula is C12H16ClNO. The first-order valence-electron chi connectivity index (χ1n) is 5.44. The van der Waals surface area contributed by atoms with E-state index >= 15 is 0 Å². The van der Waals surface area contributed by atoms with E-state index < -0.39 is 0 Å². The number of para-hydroxylation sites is 1. The van der Waals surface area contributed by atoms with Gasteiger partial charge in [0.1, 0.15) is 11.9 Å². The van der Waals surface area contributed by atoms with Gasteiger partial charge in [-0.2, -0.15) is 0 Å². The second-order valence-electron chi connectivity index (χ2n) is 4.04. The molecule has 2 rings (SSSR count). The highest BCUT2D eigenvalue weighted by Crippen LogP contribution is 2.28. The molecule has 0 aromatic heterocycles. The second-order valence-corrected chi connectivity index (χ2v) is 4.44. The highest BCUT2D eigenvalue weighted by Gasteiger charge is 2.23. The van der Waals surface area contributed by atoms with Crippen molar-refractivity contribution in [1.29, 1.82) is 0 Å². The topological polar surface area (TPSA) is 35.2 Å². The van der Waals surface area contributed by atoms with Gasteiger partial charge in [-0.1, -0.05) is 30.2 Å². The number of hydrogen-bond donors (Lipinski definition) is 1. The summed E-state index contributed by atoms with van der Waals surface area (Å²) in [6, 6.07) is 7.70. The van der Waals surface area contributed by atoms with Crippen LogP contribution in [0.4, 0.5) is 0 Å². The van der Waals surface area contributed by atoms with Crippen molar-refractivity contribution >= 4 is 11.6 Å². The molecule has 0 spiro atoms. The molecule has 0 heterocycles. The average molecular weight is 226 g/mol. The van der Waals surface area contributed by atoms with Crippen molar-refractivity contribution < 1.29 is 4.74 Å².